The molecule has 0 saturated heterocycles. The van der Waals surface area contributed by atoms with Gasteiger partial charge in [-0.15, -0.1) is 0 Å². The van der Waals surface area contributed by atoms with Gasteiger partial charge in [0.2, 0.25) is 0 Å². The number of guanidine groups is 1. The summed E-state index contributed by atoms with van der Waals surface area (Å²) >= 11 is 0. The number of pyridine rings is 1. The fraction of sp³-hybridized carbons (Fsp3) is 0.400. The summed E-state index contributed by atoms with van der Waals surface area (Å²) in [6.07, 6.45) is 2.61. The van der Waals surface area contributed by atoms with E-state index in [0.29, 0.717) is 19.0 Å². The van der Waals surface area contributed by atoms with Crippen molar-refractivity contribution in [3.8, 4) is 5.75 Å². The first kappa shape index (κ1) is 19.7. The third-order valence-electron chi connectivity index (χ3n) is 4.39. The maximum atomic E-state index is 13.2. The number of benzene rings is 1. The number of aliphatic imine (C=N–C) groups is 1. The van der Waals surface area contributed by atoms with Gasteiger partial charge >= 0.3 is 0 Å². The number of methoxy groups -OCH3 is 1. The van der Waals surface area contributed by atoms with Crippen LogP contribution in [0, 0.1) is 26.6 Å². The number of ether oxygens (including phenoxy) is 1. The second-order valence-corrected chi connectivity index (χ2v) is 6.22. The zero-order chi connectivity index (χ0) is 19.1. The molecule has 0 aliphatic rings. The van der Waals surface area contributed by atoms with Crippen molar-refractivity contribution in [1.82, 2.24) is 15.6 Å². The van der Waals surface area contributed by atoms with Gasteiger partial charge in [-0.05, 0) is 50.5 Å². The topological polar surface area (TPSA) is 58.5 Å². The van der Waals surface area contributed by atoms with Gasteiger partial charge < -0.3 is 15.4 Å². The van der Waals surface area contributed by atoms with Crippen molar-refractivity contribution < 1.29 is 9.13 Å². The molecule has 2 aromatic rings. The minimum absolute atomic E-state index is 0.201. The van der Waals surface area contributed by atoms with Crippen LogP contribution < -0.4 is 15.4 Å². The second kappa shape index (κ2) is 9.17. The van der Waals surface area contributed by atoms with E-state index in [9.17, 15) is 4.39 Å². The molecule has 0 amide bonds. The molecule has 0 aliphatic heterocycles. The Labute approximate surface area is 154 Å². The summed E-state index contributed by atoms with van der Waals surface area (Å²) < 4.78 is 18.6. The van der Waals surface area contributed by atoms with Crippen molar-refractivity contribution in [2.24, 2.45) is 4.99 Å². The SMILES string of the molecule is CN=C(NCCc1ccc(F)cc1C)NCc1ncc(C)c(OC)c1C. The van der Waals surface area contributed by atoms with Crippen LogP contribution in [-0.2, 0) is 13.0 Å². The zero-order valence-electron chi connectivity index (χ0n) is 16.1. The number of hydrogen-bond acceptors (Lipinski definition) is 3. The van der Waals surface area contributed by atoms with Gasteiger partial charge in [0.1, 0.15) is 11.6 Å². The maximum Gasteiger partial charge on any atom is 0.191 e. The predicted octanol–water partition coefficient (Wildman–Crippen LogP) is 3.06. The molecule has 0 fully saturated rings. The van der Waals surface area contributed by atoms with E-state index in [1.54, 1.807) is 20.2 Å². The van der Waals surface area contributed by atoms with Crippen molar-refractivity contribution in [3.05, 3.63) is 58.2 Å². The summed E-state index contributed by atoms with van der Waals surface area (Å²) in [5, 5.41) is 6.54. The lowest BCUT2D eigenvalue weighted by molar-refractivity contribution is 0.406. The Balaban J connectivity index is 1.90. The van der Waals surface area contributed by atoms with Crippen LogP contribution in [0.4, 0.5) is 4.39 Å². The molecule has 0 saturated carbocycles. The van der Waals surface area contributed by atoms with Gasteiger partial charge in [0, 0.05) is 30.9 Å². The predicted molar refractivity (Wildman–Crippen MR) is 103 cm³/mol. The van der Waals surface area contributed by atoms with Crippen molar-refractivity contribution in [2.75, 3.05) is 20.7 Å². The van der Waals surface area contributed by atoms with Crippen LogP contribution in [0.5, 0.6) is 5.75 Å². The average molecular weight is 358 g/mol. The molecule has 0 radical (unpaired) electrons. The van der Waals surface area contributed by atoms with Crippen LogP contribution in [-0.4, -0.2) is 31.6 Å². The van der Waals surface area contributed by atoms with Crippen LogP contribution in [0.2, 0.25) is 0 Å². The van der Waals surface area contributed by atoms with E-state index in [0.717, 1.165) is 40.1 Å². The molecule has 5 nitrogen and oxygen atoms in total. The number of rotatable bonds is 6. The number of nitrogens with zero attached hydrogens (tertiary/aromatic N) is 2. The Bertz CT molecular complexity index is 790. The third kappa shape index (κ3) is 4.94. The Morgan fingerprint density at radius 1 is 1.19 bits per heavy atom. The maximum absolute atomic E-state index is 13.2. The van der Waals surface area contributed by atoms with E-state index < -0.39 is 0 Å². The molecule has 0 bridgehead atoms. The lowest BCUT2D eigenvalue weighted by atomic mass is 10.1. The first-order valence-electron chi connectivity index (χ1n) is 8.64. The van der Waals surface area contributed by atoms with E-state index in [1.165, 1.54) is 6.07 Å². The summed E-state index contributed by atoms with van der Waals surface area (Å²) in [7, 11) is 3.40. The molecule has 1 aromatic carbocycles. The van der Waals surface area contributed by atoms with Crippen LogP contribution >= 0.6 is 0 Å². The Morgan fingerprint density at radius 3 is 2.62 bits per heavy atom. The van der Waals surface area contributed by atoms with Gasteiger partial charge in [0.15, 0.2) is 5.96 Å². The van der Waals surface area contributed by atoms with E-state index in [1.807, 2.05) is 33.0 Å². The Morgan fingerprint density at radius 2 is 1.96 bits per heavy atom. The number of hydrogen-bond donors (Lipinski definition) is 2. The molecule has 2 rings (SSSR count). The monoisotopic (exact) mass is 358 g/mol. The van der Waals surface area contributed by atoms with Crippen LogP contribution in [0.25, 0.3) is 0 Å². The normalized spacial score (nSPS) is 11.4. The van der Waals surface area contributed by atoms with Crippen molar-refractivity contribution >= 4 is 5.96 Å². The highest BCUT2D eigenvalue weighted by molar-refractivity contribution is 5.79. The standard InChI is InChI=1S/C20H27FN4O/c1-13-10-17(21)7-6-16(13)8-9-23-20(22-4)25-12-18-15(3)19(26-5)14(2)11-24-18/h6-7,10-11H,8-9,12H2,1-5H3,(H2,22,23,25). The first-order chi connectivity index (χ1) is 12.5. The second-order valence-electron chi connectivity index (χ2n) is 6.22. The van der Waals surface area contributed by atoms with Gasteiger partial charge in [-0.2, -0.15) is 0 Å². The molecule has 2 N–H and O–H groups in total. The molecule has 0 aliphatic carbocycles. The van der Waals surface area contributed by atoms with E-state index in [-0.39, 0.29) is 5.82 Å². The Hall–Kier alpha value is -2.63. The number of halogens is 1. The van der Waals surface area contributed by atoms with E-state index in [4.69, 9.17) is 4.74 Å². The van der Waals surface area contributed by atoms with Crippen molar-refractivity contribution in [3.63, 3.8) is 0 Å². The lowest BCUT2D eigenvalue weighted by Gasteiger charge is -2.15. The van der Waals surface area contributed by atoms with Gasteiger partial charge in [-0.1, -0.05) is 6.07 Å². The fourth-order valence-corrected chi connectivity index (χ4v) is 2.89. The van der Waals surface area contributed by atoms with E-state index >= 15 is 0 Å². The molecule has 1 aromatic heterocycles. The van der Waals surface area contributed by atoms with Crippen molar-refractivity contribution in [1.29, 1.82) is 0 Å². The summed E-state index contributed by atoms with van der Waals surface area (Å²) in [5.74, 6) is 1.37. The molecule has 140 valence electrons. The smallest absolute Gasteiger partial charge is 0.191 e. The molecule has 26 heavy (non-hydrogen) atoms. The summed E-state index contributed by atoms with van der Waals surface area (Å²) in [6.45, 7) is 7.16. The van der Waals surface area contributed by atoms with E-state index in [2.05, 4.69) is 20.6 Å². The molecule has 0 atom stereocenters. The molecular weight excluding hydrogens is 331 g/mol. The van der Waals surface area contributed by atoms with Gasteiger partial charge in [0.25, 0.3) is 0 Å². The molecule has 0 unspecified atom stereocenters. The number of nitrogens with one attached hydrogen (secondary N) is 2. The van der Waals surface area contributed by atoms with Crippen LogP contribution in [0.15, 0.2) is 29.4 Å². The largest absolute Gasteiger partial charge is 0.496 e. The summed E-state index contributed by atoms with van der Waals surface area (Å²) in [4.78, 5) is 8.72. The minimum Gasteiger partial charge on any atom is -0.496 e. The van der Waals surface area contributed by atoms with Gasteiger partial charge in [-0.3, -0.25) is 9.98 Å². The highest BCUT2D eigenvalue weighted by Gasteiger charge is 2.10. The van der Waals surface area contributed by atoms with Crippen molar-refractivity contribution in [2.45, 2.75) is 33.7 Å². The Kier molecular flexibility index (Phi) is 6.95. The fourth-order valence-electron chi connectivity index (χ4n) is 2.89. The lowest BCUT2D eigenvalue weighted by Crippen LogP contribution is -2.38. The first-order valence-corrected chi connectivity index (χ1v) is 8.64. The molecule has 0 spiro atoms. The molecular formula is C20H27FN4O. The van der Waals surface area contributed by atoms with Crippen LogP contribution in [0.3, 0.4) is 0 Å². The zero-order valence-corrected chi connectivity index (χ0v) is 16.1. The average Bonchev–Trinajstić information content (AvgIpc) is 2.61. The quantitative estimate of drug-likeness (QED) is 0.615. The molecule has 6 heteroatoms. The highest BCUT2D eigenvalue weighted by atomic mass is 19.1. The van der Waals surface area contributed by atoms with Crippen LogP contribution in [0.1, 0.15) is 27.9 Å². The minimum atomic E-state index is -0.201. The summed E-state index contributed by atoms with van der Waals surface area (Å²) in [5.41, 5.74) is 5.05. The third-order valence-corrected chi connectivity index (χ3v) is 4.39. The molecule has 1 heterocycles. The number of aryl methyl sites for hydroxylation is 2. The highest BCUT2D eigenvalue weighted by Crippen LogP contribution is 2.23. The van der Waals surface area contributed by atoms with Gasteiger partial charge in [0.05, 0.1) is 19.3 Å². The van der Waals surface area contributed by atoms with Gasteiger partial charge in [-0.25, -0.2) is 4.39 Å². The summed E-state index contributed by atoms with van der Waals surface area (Å²) in [6, 6.07) is 4.88. The number of aromatic nitrogens is 1.